The van der Waals surface area contributed by atoms with Crippen molar-refractivity contribution >= 4 is 44.9 Å². The molecule has 2 heterocycles. The van der Waals surface area contributed by atoms with Crippen LogP contribution in [0, 0.1) is 5.92 Å². The molecule has 4 aromatic rings. The van der Waals surface area contributed by atoms with Crippen molar-refractivity contribution in [3.63, 3.8) is 0 Å². The van der Waals surface area contributed by atoms with Crippen LogP contribution in [0.4, 0.5) is 5.82 Å². The van der Waals surface area contributed by atoms with Crippen molar-refractivity contribution in [2.75, 3.05) is 5.32 Å². The standard InChI is InChI=1S/C28H29BrClN5O/c29-23-18-33-35-26(15-25(34-28(23)35)22-11-4-5-12-24(22)30)31-16-20-9-6-10-21(13-20)17-32-27(36)14-19-7-2-1-3-8-19/h4-6,9-13,15,18-19,31H,1-3,7-8,14,16-17H2,(H,32,36). The third kappa shape index (κ3) is 5.90. The molecule has 0 saturated heterocycles. The predicted octanol–water partition coefficient (Wildman–Crippen LogP) is 7.01. The lowest BCUT2D eigenvalue weighted by Gasteiger charge is -2.20. The Labute approximate surface area is 224 Å². The molecule has 5 rings (SSSR count). The van der Waals surface area contributed by atoms with Crippen LogP contribution < -0.4 is 10.6 Å². The molecule has 2 aromatic carbocycles. The zero-order chi connectivity index (χ0) is 24.9. The number of nitrogens with one attached hydrogen (secondary N) is 2. The van der Waals surface area contributed by atoms with Crippen molar-refractivity contribution in [2.45, 2.75) is 51.6 Å². The summed E-state index contributed by atoms with van der Waals surface area (Å²) in [5.74, 6) is 1.51. The van der Waals surface area contributed by atoms with E-state index in [2.05, 4.69) is 49.9 Å². The van der Waals surface area contributed by atoms with Crippen LogP contribution in [-0.2, 0) is 17.9 Å². The molecule has 0 unspecified atom stereocenters. The number of carbonyl (C=O) groups excluding carboxylic acids is 1. The van der Waals surface area contributed by atoms with Gasteiger partial charge in [-0.05, 0) is 51.9 Å². The number of rotatable bonds is 8. The third-order valence-electron chi connectivity index (χ3n) is 6.73. The van der Waals surface area contributed by atoms with Crippen molar-refractivity contribution in [1.29, 1.82) is 0 Å². The molecule has 36 heavy (non-hydrogen) atoms. The van der Waals surface area contributed by atoms with Crippen LogP contribution in [0.3, 0.4) is 0 Å². The fourth-order valence-corrected chi connectivity index (χ4v) is 5.42. The summed E-state index contributed by atoms with van der Waals surface area (Å²) in [6.45, 7) is 1.14. The van der Waals surface area contributed by atoms with Crippen LogP contribution >= 0.6 is 27.5 Å². The number of halogens is 2. The summed E-state index contributed by atoms with van der Waals surface area (Å²) in [6.07, 6.45) is 8.57. The Morgan fingerprint density at radius 3 is 2.61 bits per heavy atom. The van der Waals surface area contributed by atoms with Crippen LogP contribution in [0.25, 0.3) is 16.9 Å². The molecule has 0 radical (unpaired) electrons. The molecule has 1 saturated carbocycles. The Morgan fingerprint density at radius 2 is 1.81 bits per heavy atom. The maximum Gasteiger partial charge on any atom is 0.220 e. The van der Waals surface area contributed by atoms with E-state index in [-0.39, 0.29) is 5.91 Å². The molecule has 0 spiro atoms. The first-order valence-corrected chi connectivity index (χ1v) is 13.6. The van der Waals surface area contributed by atoms with Gasteiger partial charge in [0, 0.05) is 36.2 Å². The van der Waals surface area contributed by atoms with E-state index >= 15 is 0 Å². The molecule has 0 aliphatic heterocycles. The number of amides is 1. The molecule has 1 aliphatic rings. The number of fused-ring (bicyclic) bond motifs is 1. The average Bonchev–Trinajstić information content (AvgIpc) is 3.28. The van der Waals surface area contributed by atoms with Gasteiger partial charge in [-0.25, -0.2) is 4.98 Å². The summed E-state index contributed by atoms with van der Waals surface area (Å²) in [6, 6.07) is 17.9. The van der Waals surface area contributed by atoms with Crippen molar-refractivity contribution in [3.05, 3.63) is 81.4 Å². The first kappa shape index (κ1) is 24.8. The topological polar surface area (TPSA) is 71.3 Å². The van der Waals surface area contributed by atoms with Gasteiger partial charge in [0.15, 0.2) is 5.65 Å². The van der Waals surface area contributed by atoms with E-state index in [9.17, 15) is 4.79 Å². The van der Waals surface area contributed by atoms with E-state index in [1.165, 1.54) is 32.1 Å². The van der Waals surface area contributed by atoms with Gasteiger partial charge in [0.2, 0.25) is 5.91 Å². The van der Waals surface area contributed by atoms with Gasteiger partial charge in [-0.3, -0.25) is 4.79 Å². The summed E-state index contributed by atoms with van der Waals surface area (Å²) < 4.78 is 2.59. The third-order valence-corrected chi connectivity index (χ3v) is 7.62. The highest BCUT2D eigenvalue weighted by atomic mass is 79.9. The fraction of sp³-hybridized carbons (Fsp3) is 0.321. The van der Waals surface area contributed by atoms with Gasteiger partial charge in [-0.2, -0.15) is 9.61 Å². The monoisotopic (exact) mass is 565 g/mol. The number of nitrogens with zero attached hydrogens (tertiary/aromatic N) is 3. The summed E-state index contributed by atoms with van der Waals surface area (Å²) in [7, 11) is 0. The molecule has 1 aliphatic carbocycles. The highest BCUT2D eigenvalue weighted by Gasteiger charge is 2.17. The molecule has 1 amide bonds. The first-order valence-electron chi connectivity index (χ1n) is 12.4. The van der Waals surface area contributed by atoms with Gasteiger partial charge >= 0.3 is 0 Å². The normalized spacial score (nSPS) is 14.2. The van der Waals surface area contributed by atoms with Gasteiger partial charge < -0.3 is 10.6 Å². The van der Waals surface area contributed by atoms with Crippen LogP contribution in [0.5, 0.6) is 0 Å². The van der Waals surface area contributed by atoms with E-state index in [0.29, 0.717) is 36.1 Å². The van der Waals surface area contributed by atoms with E-state index in [0.717, 1.165) is 32.7 Å². The second-order valence-electron chi connectivity index (χ2n) is 9.39. The minimum Gasteiger partial charge on any atom is -0.366 e. The molecule has 2 N–H and O–H groups in total. The number of hydrogen-bond donors (Lipinski definition) is 2. The zero-order valence-electron chi connectivity index (χ0n) is 20.0. The van der Waals surface area contributed by atoms with Crippen LogP contribution in [0.15, 0.2) is 65.3 Å². The number of anilines is 1. The Morgan fingerprint density at radius 1 is 1.03 bits per heavy atom. The number of benzene rings is 2. The number of aromatic nitrogens is 3. The lowest BCUT2D eigenvalue weighted by Crippen LogP contribution is -2.26. The zero-order valence-corrected chi connectivity index (χ0v) is 22.4. The maximum atomic E-state index is 12.4. The van der Waals surface area contributed by atoms with Gasteiger partial charge in [-0.1, -0.05) is 73.3 Å². The van der Waals surface area contributed by atoms with Crippen LogP contribution in [0.1, 0.15) is 49.7 Å². The summed E-state index contributed by atoms with van der Waals surface area (Å²) >= 11 is 10.00. The van der Waals surface area contributed by atoms with Crippen molar-refractivity contribution < 1.29 is 4.79 Å². The van der Waals surface area contributed by atoms with E-state index < -0.39 is 0 Å². The lowest BCUT2D eigenvalue weighted by molar-refractivity contribution is -0.122. The Kier molecular flexibility index (Phi) is 7.87. The Balaban J connectivity index is 1.27. The smallest absolute Gasteiger partial charge is 0.220 e. The molecule has 0 bridgehead atoms. The fourth-order valence-electron chi connectivity index (χ4n) is 4.84. The molecule has 1 fully saturated rings. The minimum atomic E-state index is 0.154. The average molecular weight is 567 g/mol. The number of hydrogen-bond acceptors (Lipinski definition) is 4. The SMILES string of the molecule is O=C(CC1CCCCC1)NCc1cccc(CNc2cc(-c3ccccc3Cl)nc3c(Br)cnn23)c1. The van der Waals surface area contributed by atoms with E-state index in [1.807, 2.05) is 36.4 Å². The van der Waals surface area contributed by atoms with Gasteiger partial charge in [0.1, 0.15) is 5.82 Å². The molecular formula is C28H29BrClN5O. The summed E-state index contributed by atoms with van der Waals surface area (Å²) in [4.78, 5) is 17.2. The highest BCUT2D eigenvalue weighted by Crippen LogP contribution is 2.30. The van der Waals surface area contributed by atoms with Crippen molar-refractivity contribution in [3.8, 4) is 11.3 Å². The number of carbonyl (C=O) groups is 1. The van der Waals surface area contributed by atoms with Gasteiger partial charge in [0.05, 0.1) is 16.4 Å². The molecule has 2 aromatic heterocycles. The molecule has 0 atom stereocenters. The molecular weight excluding hydrogens is 538 g/mol. The summed E-state index contributed by atoms with van der Waals surface area (Å²) in [5, 5.41) is 11.7. The van der Waals surface area contributed by atoms with Crippen LogP contribution in [0.2, 0.25) is 5.02 Å². The predicted molar refractivity (Wildman–Crippen MR) is 148 cm³/mol. The Hall–Kier alpha value is -2.90. The maximum absolute atomic E-state index is 12.4. The van der Waals surface area contributed by atoms with Gasteiger partial charge in [-0.15, -0.1) is 0 Å². The highest BCUT2D eigenvalue weighted by molar-refractivity contribution is 9.10. The first-order chi connectivity index (χ1) is 17.6. The largest absolute Gasteiger partial charge is 0.366 e. The molecule has 186 valence electrons. The Bertz CT molecular complexity index is 1370. The summed E-state index contributed by atoms with van der Waals surface area (Å²) in [5.41, 5.74) is 4.55. The van der Waals surface area contributed by atoms with E-state index in [1.54, 1.807) is 10.7 Å². The lowest BCUT2D eigenvalue weighted by atomic mass is 9.87. The van der Waals surface area contributed by atoms with Gasteiger partial charge in [0.25, 0.3) is 0 Å². The second-order valence-corrected chi connectivity index (χ2v) is 10.7. The van der Waals surface area contributed by atoms with Crippen molar-refractivity contribution in [2.24, 2.45) is 5.92 Å². The minimum absolute atomic E-state index is 0.154. The quantitative estimate of drug-likeness (QED) is 0.241. The molecule has 6 nitrogen and oxygen atoms in total. The second kappa shape index (κ2) is 11.4. The van der Waals surface area contributed by atoms with Crippen molar-refractivity contribution in [1.82, 2.24) is 19.9 Å². The molecule has 8 heteroatoms. The van der Waals surface area contributed by atoms with Crippen LogP contribution in [-0.4, -0.2) is 20.5 Å². The van der Waals surface area contributed by atoms with E-state index in [4.69, 9.17) is 16.6 Å².